The van der Waals surface area contributed by atoms with Crippen LogP contribution in [0.3, 0.4) is 0 Å². The van der Waals surface area contributed by atoms with Gasteiger partial charge in [-0.3, -0.25) is 4.79 Å². The molecule has 21 heavy (non-hydrogen) atoms. The lowest BCUT2D eigenvalue weighted by Gasteiger charge is -2.18. The fourth-order valence-corrected chi connectivity index (χ4v) is 2.50. The number of hydrogen-bond acceptors (Lipinski definition) is 5. The van der Waals surface area contributed by atoms with Crippen LogP contribution in [-0.2, 0) is 20.9 Å². The Balaban J connectivity index is 1.85. The molecule has 114 valence electrons. The van der Waals surface area contributed by atoms with E-state index in [-0.39, 0.29) is 13.0 Å². The summed E-state index contributed by atoms with van der Waals surface area (Å²) in [6, 6.07) is 8.84. The first-order chi connectivity index (χ1) is 10.1. The van der Waals surface area contributed by atoms with Crippen LogP contribution in [0.4, 0.5) is 4.79 Å². The Bertz CT molecular complexity index is 490. The number of nitrogens with one attached hydrogen (secondary N) is 1. The van der Waals surface area contributed by atoms with E-state index in [0.717, 1.165) is 5.56 Å². The van der Waals surface area contributed by atoms with Crippen molar-refractivity contribution in [2.45, 2.75) is 31.6 Å². The summed E-state index contributed by atoms with van der Waals surface area (Å²) in [5.74, 6) is -0.964. The molecule has 1 aromatic rings. The first kappa shape index (κ1) is 15.3. The molecule has 2 N–H and O–H groups in total. The van der Waals surface area contributed by atoms with Gasteiger partial charge in [0.25, 0.3) is 0 Å². The molecule has 6 heteroatoms. The van der Waals surface area contributed by atoms with Gasteiger partial charge in [0, 0.05) is 6.04 Å². The third-order valence-electron chi connectivity index (χ3n) is 3.56. The highest BCUT2D eigenvalue weighted by Crippen LogP contribution is 2.27. The van der Waals surface area contributed by atoms with Crippen molar-refractivity contribution in [2.75, 3.05) is 7.11 Å². The number of ether oxygens (including phenoxy) is 2. The number of alkyl carbamates (subject to hydrolysis) is 1. The number of methoxy groups -OCH3 is 1. The number of hydrogen-bond donors (Lipinski definition) is 2. The average molecular weight is 293 g/mol. The summed E-state index contributed by atoms with van der Waals surface area (Å²) in [4.78, 5) is 23.4. The smallest absolute Gasteiger partial charge is 0.407 e. The molecule has 1 fully saturated rings. The van der Waals surface area contributed by atoms with Crippen molar-refractivity contribution in [2.24, 2.45) is 5.92 Å². The molecule has 1 saturated carbocycles. The highest BCUT2D eigenvalue weighted by atomic mass is 16.5. The van der Waals surface area contributed by atoms with Gasteiger partial charge in [-0.1, -0.05) is 30.3 Å². The number of esters is 1. The van der Waals surface area contributed by atoms with Gasteiger partial charge >= 0.3 is 12.1 Å². The van der Waals surface area contributed by atoms with Gasteiger partial charge in [0.05, 0.1) is 19.1 Å². The number of benzene rings is 1. The largest absolute Gasteiger partial charge is 0.469 e. The van der Waals surface area contributed by atoms with Crippen molar-refractivity contribution in [1.29, 1.82) is 0 Å². The summed E-state index contributed by atoms with van der Waals surface area (Å²) in [7, 11) is 1.29. The van der Waals surface area contributed by atoms with Crippen LogP contribution in [-0.4, -0.2) is 36.4 Å². The summed E-state index contributed by atoms with van der Waals surface area (Å²) in [5.41, 5.74) is 0.878. The molecule has 0 saturated heterocycles. The molecular formula is C15H19NO5. The SMILES string of the molecule is COC(=O)[C@H]1CC(O)CC1NC(=O)OCc1ccccc1. The van der Waals surface area contributed by atoms with Crippen LogP contribution in [0.2, 0.25) is 0 Å². The predicted octanol–water partition coefficient (Wildman–Crippen LogP) is 1.23. The molecule has 6 nitrogen and oxygen atoms in total. The van der Waals surface area contributed by atoms with Crippen LogP contribution in [0.1, 0.15) is 18.4 Å². The fraction of sp³-hybridized carbons (Fsp3) is 0.467. The Hall–Kier alpha value is -2.08. The second kappa shape index (κ2) is 7.08. The lowest BCUT2D eigenvalue weighted by Crippen LogP contribution is -2.40. The Morgan fingerprint density at radius 1 is 1.29 bits per heavy atom. The van der Waals surface area contributed by atoms with Gasteiger partial charge in [0.15, 0.2) is 0 Å². The number of carbonyl (C=O) groups excluding carboxylic acids is 2. The standard InChI is InChI=1S/C15H19NO5/c1-20-14(18)12-7-11(17)8-13(12)16-15(19)21-9-10-5-3-2-4-6-10/h2-6,11-13,17H,7-9H2,1H3,(H,16,19)/t11?,12-,13?/m0/s1. The summed E-state index contributed by atoms with van der Waals surface area (Å²) in [6.07, 6.45) is -0.614. The Kier molecular flexibility index (Phi) is 5.16. The zero-order chi connectivity index (χ0) is 15.2. The van der Waals surface area contributed by atoms with E-state index in [4.69, 9.17) is 4.74 Å². The molecular weight excluding hydrogens is 274 g/mol. The summed E-state index contributed by atoms with van der Waals surface area (Å²) < 4.78 is 9.78. The van der Waals surface area contributed by atoms with Crippen LogP contribution in [0.5, 0.6) is 0 Å². The second-order valence-corrected chi connectivity index (χ2v) is 5.07. The third-order valence-corrected chi connectivity index (χ3v) is 3.56. The minimum Gasteiger partial charge on any atom is -0.469 e. The van der Waals surface area contributed by atoms with E-state index in [9.17, 15) is 14.7 Å². The summed E-state index contributed by atoms with van der Waals surface area (Å²) >= 11 is 0. The van der Waals surface area contributed by atoms with Crippen LogP contribution in [0.15, 0.2) is 30.3 Å². The molecule has 2 rings (SSSR count). The Labute approximate surface area is 123 Å². The molecule has 0 radical (unpaired) electrons. The van der Waals surface area contributed by atoms with E-state index in [1.165, 1.54) is 7.11 Å². The van der Waals surface area contributed by atoms with Crippen molar-refractivity contribution in [3.05, 3.63) is 35.9 Å². The van der Waals surface area contributed by atoms with Crippen molar-refractivity contribution >= 4 is 12.1 Å². The maximum absolute atomic E-state index is 11.8. The molecule has 0 aromatic heterocycles. The quantitative estimate of drug-likeness (QED) is 0.815. The molecule has 1 aliphatic rings. The van der Waals surface area contributed by atoms with Gasteiger partial charge in [0.1, 0.15) is 6.61 Å². The fourth-order valence-electron chi connectivity index (χ4n) is 2.50. The maximum atomic E-state index is 11.8. The second-order valence-electron chi connectivity index (χ2n) is 5.07. The number of aliphatic hydroxyl groups excluding tert-OH is 1. The number of aliphatic hydroxyl groups is 1. The summed E-state index contributed by atoms with van der Waals surface area (Å²) in [6.45, 7) is 0.158. The predicted molar refractivity (Wildman–Crippen MR) is 74.3 cm³/mol. The number of amides is 1. The van der Waals surface area contributed by atoms with Gasteiger partial charge < -0.3 is 19.9 Å². The first-order valence-electron chi connectivity index (χ1n) is 6.83. The molecule has 0 heterocycles. The minimum absolute atomic E-state index is 0.158. The van der Waals surface area contributed by atoms with E-state index in [1.54, 1.807) is 0 Å². The van der Waals surface area contributed by atoms with Gasteiger partial charge in [-0.2, -0.15) is 0 Å². The van der Waals surface area contributed by atoms with Crippen molar-refractivity contribution < 1.29 is 24.2 Å². The Morgan fingerprint density at radius 3 is 2.67 bits per heavy atom. The number of carbonyl (C=O) groups is 2. The number of rotatable bonds is 4. The van der Waals surface area contributed by atoms with Gasteiger partial charge in [0.2, 0.25) is 0 Å². The van der Waals surface area contributed by atoms with Gasteiger partial charge in [-0.15, -0.1) is 0 Å². The van der Waals surface area contributed by atoms with E-state index in [0.29, 0.717) is 6.42 Å². The Morgan fingerprint density at radius 2 is 2.00 bits per heavy atom. The minimum atomic E-state index is -0.617. The maximum Gasteiger partial charge on any atom is 0.407 e. The van der Waals surface area contributed by atoms with E-state index >= 15 is 0 Å². The van der Waals surface area contributed by atoms with E-state index < -0.39 is 30.1 Å². The topological polar surface area (TPSA) is 84.9 Å². The van der Waals surface area contributed by atoms with Gasteiger partial charge in [-0.25, -0.2) is 4.79 Å². The highest BCUT2D eigenvalue weighted by molar-refractivity contribution is 5.75. The highest BCUT2D eigenvalue weighted by Gasteiger charge is 2.39. The summed E-state index contributed by atoms with van der Waals surface area (Å²) in [5, 5.41) is 12.3. The molecule has 1 aromatic carbocycles. The normalized spacial score (nSPS) is 24.4. The average Bonchev–Trinajstić information content (AvgIpc) is 2.86. The lowest BCUT2D eigenvalue weighted by molar-refractivity contribution is -0.146. The molecule has 3 atom stereocenters. The van der Waals surface area contributed by atoms with Crippen LogP contribution in [0, 0.1) is 5.92 Å². The molecule has 0 aliphatic heterocycles. The zero-order valence-electron chi connectivity index (χ0n) is 11.8. The molecule has 0 spiro atoms. The third kappa shape index (κ3) is 4.19. The first-order valence-corrected chi connectivity index (χ1v) is 6.83. The van der Waals surface area contributed by atoms with Crippen LogP contribution in [0.25, 0.3) is 0 Å². The van der Waals surface area contributed by atoms with Crippen molar-refractivity contribution in [3.8, 4) is 0 Å². The van der Waals surface area contributed by atoms with Crippen molar-refractivity contribution in [1.82, 2.24) is 5.32 Å². The monoisotopic (exact) mass is 293 g/mol. The molecule has 1 aliphatic carbocycles. The molecule has 2 unspecified atom stereocenters. The van der Waals surface area contributed by atoms with E-state index in [1.807, 2.05) is 30.3 Å². The van der Waals surface area contributed by atoms with E-state index in [2.05, 4.69) is 10.1 Å². The van der Waals surface area contributed by atoms with Crippen molar-refractivity contribution in [3.63, 3.8) is 0 Å². The molecule has 0 bridgehead atoms. The van der Waals surface area contributed by atoms with Crippen LogP contribution >= 0.6 is 0 Å². The van der Waals surface area contributed by atoms with Gasteiger partial charge in [-0.05, 0) is 18.4 Å². The molecule has 1 amide bonds. The lowest BCUT2D eigenvalue weighted by atomic mass is 10.0. The van der Waals surface area contributed by atoms with Crippen LogP contribution < -0.4 is 5.32 Å². The zero-order valence-corrected chi connectivity index (χ0v) is 11.8.